The standard InChI is InChI=1S/C14H11ClF2N2O/c15-10-5-6-13(12(17)7-10)19-14(20)18-8-9-3-1-2-4-11(9)16/h1-7H,8H2,(H2,18,19,20). The molecule has 0 bridgehead atoms. The Labute approximate surface area is 119 Å². The van der Waals surface area contributed by atoms with Crippen LogP contribution in [0.25, 0.3) is 0 Å². The summed E-state index contributed by atoms with van der Waals surface area (Å²) in [7, 11) is 0. The highest BCUT2D eigenvalue weighted by atomic mass is 35.5. The molecule has 20 heavy (non-hydrogen) atoms. The Kier molecular flexibility index (Phi) is 4.53. The fraction of sp³-hybridized carbons (Fsp3) is 0.0714. The van der Waals surface area contributed by atoms with Crippen LogP contribution in [0.2, 0.25) is 5.02 Å². The molecule has 0 aromatic heterocycles. The number of anilines is 1. The molecule has 0 saturated carbocycles. The molecule has 2 rings (SSSR count). The van der Waals surface area contributed by atoms with E-state index in [0.717, 1.165) is 6.07 Å². The van der Waals surface area contributed by atoms with Crippen molar-refractivity contribution < 1.29 is 13.6 Å². The SMILES string of the molecule is O=C(NCc1ccccc1F)Nc1ccc(Cl)cc1F. The molecule has 6 heteroatoms. The molecular formula is C14H11ClF2N2O. The summed E-state index contributed by atoms with van der Waals surface area (Å²) in [6.07, 6.45) is 0. The van der Waals surface area contributed by atoms with Crippen LogP contribution in [0.3, 0.4) is 0 Å². The first-order valence-corrected chi connectivity index (χ1v) is 6.17. The molecule has 2 aromatic rings. The molecule has 0 heterocycles. The number of benzene rings is 2. The number of carbonyl (C=O) groups excluding carboxylic acids is 1. The zero-order valence-electron chi connectivity index (χ0n) is 10.3. The normalized spacial score (nSPS) is 10.2. The van der Waals surface area contributed by atoms with E-state index < -0.39 is 17.7 Å². The smallest absolute Gasteiger partial charge is 0.319 e. The largest absolute Gasteiger partial charge is 0.334 e. The fourth-order valence-corrected chi connectivity index (χ4v) is 1.73. The third-order valence-corrected chi connectivity index (χ3v) is 2.81. The van der Waals surface area contributed by atoms with Crippen molar-refractivity contribution >= 4 is 23.3 Å². The Morgan fingerprint density at radius 2 is 1.85 bits per heavy atom. The molecule has 0 aliphatic carbocycles. The first kappa shape index (κ1) is 14.3. The van der Waals surface area contributed by atoms with Crippen LogP contribution in [-0.4, -0.2) is 6.03 Å². The van der Waals surface area contributed by atoms with Gasteiger partial charge in [-0.2, -0.15) is 0 Å². The van der Waals surface area contributed by atoms with E-state index in [0.29, 0.717) is 5.56 Å². The van der Waals surface area contributed by atoms with Gasteiger partial charge in [0.25, 0.3) is 0 Å². The molecule has 0 atom stereocenters. The molecule has 2 N–H and O–H groups in total. The Morgan fingerprint density at radius 1 is 1.10 bits per heavy atom. The summed E-state index contributed by atoms with van der Waals surface area (Å²) in [6.45, 7) is 0.00765. The van der Waals surface area contributed by atoms with Crippen LogP contribution in [0, 0.1) is 11.6 Å². The van der Waals surface area contributed by atoms with Gasteiger partial charge in [-0.15, -0.1) is 0 Å². The molecule has 0 saturated heterocycles. The minimum atomic E-state index is -0.640. The van der Waals surface area contributed by atoms with Gasteiger partial charge in [-0.3, -0.25) is 0 Å². The maximum atomic E-state index is 13.5. The number of hydrogen-bond donors (Lipinski definition) is 2. The quantitative estimate of drug-likeness (QED) is 0.885. The van der Waals surface area contributed by atoms with Crippen molar-refractivity contribution in [2.24, 2.45) is 0 Å². The lowest BCUT2D eigenvalue weighted by Crippen LogP contribution is -2.28. The summed E-state index contributed by atoms with van der Waals surface area (Å²) in [5, 5.41) is 5.00. The number of carbonyl (C=O) groups is 1. The summed E-state index contributed by atoms with van der Waals surface area (Å²) < 4.78 is 26.8. The van der Waals surface area contributed by atoms with Gasteiger partial charge in [0.05, 0.1) is 5.69 Å². The summed E-state index contributed by atoms with van der Waals surface area (Å²) in [6, 6.07) is 9.34. The van der Waals surface area contributed by atoms with Gasteiger partial charge in [0.15, 0.2) is 0 Å². The summed E-state index contributed by atoms with van der Waals surface area (Å²) in [5.74, 6) is -1.05. The lowest BCUT2D eigenvalue weighted by molar-refractivity contribution is 0.251. The van der Waals surface area contributed by atoms with Crippen molar-refractivity contribution in [1.82, 2.24) is 5.32 Å². The number of rotatable bonds is 3. The maximum Gasteiger partial charge on any atom is 0.319 e. The lowest BCUT2D eigenvalue weighted by Gasteiger charge is -2.09. The van der Waals surface area contributed by atoms with Gasteiger partial charge in [-0.25, -0.2) is 13.6 Å². The number of nitrogens with one attached hydrogen (secondary N) is 2. The Bertz CT molecular complexity index is 634. The second-order valence-electron chi connectivity index (χ2n) is 4.02. The summed E-state index contributed by atoms with van der Waals surface area (Å²) >= 11 is 5.60. The topological polar surface area (TPSA) is 41.1 Å². The van der Waals surface area contributed by atoms with Gasteiger partial charge >= 0.3 is 6.03 Å². The fourth-order valence-electron chi connectivity index (χ4n) is 1.57. The third kappa shape index (κ3) is 3.68. The average Bonchev–Trinajstić information content (AvgIpc) is 2.41. The first-order valence-electron chi connectivity index (χ1n) is 5.79. The predicted molar refractivity (Wildman–Crippen MR) is 73.7 cm³/mol. The van der Waals surface area contributed by atoms with Crippen molar-refractivity contribution in [3.63, 3.8) is 0 Å². The molecule has 2 amide bonds. The van der Waals surface area contributed by atoms with E-state index >= 15 is 0 Å². The minimum absolute atomic E-state index is 0.000401. The van der Waals surface area contributed by atoms with Crippen molar-refractivity contribution in [2.75, 3.05) is 5.32 Å². The molecule has 2 aromatic carbocycles. The predicted octanol–water partition coefficient (Wildman–Crippen LogP) is 3.94. The zero-order valence-corrected chi connectivity index (χ0v) is 11.0. The highest BCUT2D eigenvalue weighted by Crippen LogP contribution is 2.18. The van der Waals surface area contributed by atoms with E-state index in [9.17, 15) is 13.6 Å². The van der Waals surface area contributed by atoms with Crippen molar-refractivity contribution in [2.45, 2.75) is 6.54 Å². The molecule has 0 fully saturated rings. The average molecular weight is 297 g/mol. The highest BCUT2D eigenvalue weighted by molar-refractivity contribution is 6.30. The molecule has 0 unspecified atom stereocenters. The highest BCUT2D eigenvalue weighted by Gasteiger charge is 2.08. The van der Waals surface area contributed by atoms with Gasteiger partial charge in [0.1, 0.15) is 11.6 Å². The number of amides is 2. The van der Waals surface area contributed by atoms with Gasteiger partial charge in [0.2, 0.25) is 0 Å². The molecule has 0 spiro atoms. The Hall–Kier alpha value is -2.14. The zero-order chi connectivity index (χ0) is 14.5. The Morgan fingerprint density at radius 3 is 2.55 bits per heavy atom. The van der Waals surface area contributed by atoms with Crippen LogP contribution in [-0.2, 0) is 6.54 Å². The van der Waals surface area contributed by atoms with Crippen molar-refractivity contribution in [3.8, 4) is 0 Å². The van der Waals surface area contributed by atoms with Crippen molar-refractivity contribution in [3.05, 3.63) is 64.7 Å². The first-order chi connectivity index (χ1) is 9.56. The van der Waals surface area contributed by atoms with Gasteiger partial charge < -0.3 is 10.6 Å². The molecule has 104 valence electrons. The molecule has 3 nitrogen and oxygen atoms in total. The summed E-state index contributed by atoms with van der Waals surface area (Å²) in [4.78, 5) is 11.6. The van der Waals surface area contributed by atoms with Crippen LogP contribution in [0.1, 0.15) is 5.56 Å². The summed E-state index contributed by atoms with van der Waals surface area (Å²) in [5.41, 5.74) is 0.347. The molecule has 0 aliphatic rings. The maximum absolute atomic E-state index is 13.5. The van der Waals surface area contributed by atoms with Crippen LogP contribution in [0.4, 0.5) is 19.3 Å². The van der Waals surface area contributed by atoms with Crippen LogP contribution >= 0.6 is 11.6 Å². The molecular weight excluding hydrogens is 286 g/mol. The van der Waals surface area contributed by atoms with Crippen LogP contribution in [0.5, 0.6) is 0 Å². The lowest BCUT2D eigenvalue weighted by atomic mass is 10.2. The van der Waals surface area contributed by atoms with Gasteiger partial charge in [0, 0.05) is 17.1 Å². The van der Waals surface area contributed by atoms with E-state index in [2.05, 4.69) is 10.6 Å². The van der Waals surface area contributed by atoms with E-state index in [-0.39, 0.29) is 17.3 Å². The van der Waals surface area contributed by atoms with Crippen LogP contribution < -0.4 is 10.6 Å². The van der Waals surface area contributed by atoms with Crippen molar-refractivity contribution in [1.29, 1.82) is 0 Å². The van der Waals surface area contributed by atoms with E-state index in [1.807, 2.05) is 0 Å². The second kappa shape index (κ2) is 6.34. The number of urea groups is 1. The number of hydrogen-bond acceptors (Lipinski definition) is 1. The van der Waals surface area contributed by atoms with Crippen LogP contribution in [0.15, 0.2) is 42.5 Å². The Balaban J connectivity index is 1.94. The monoisotopic (exact) mass is 296 g/mol. The third-order valence-electron chi connectivity index (χ3n) is 2.58. The second-order valence-corrected chi connectivity index (χ2v) is 4.46. The van der Waals surface area contributed by atoms with E-state index in [1.54, 1.807) is 18.2 Å². The van der Waals surface area contributed by atoms with Gasteiger partial charge in [-0.05, 0) is 24.3 Å². The molecule has 0 aliphatic heterocycles. The van der Waals surface area contributed by atoms with Gasteiger partial charge in [-0.1, -0.05) is 29.8 Å². The van der Waals surface area contributed by atoms with E-state index in [4.69, 9.17) is 11.6 Å². The number of halogens is 3. The minimum Gasteiger partial charge on any atom is -0.334 e. The van der Waals surface area contributed by atoms with E-state index in [1.165, 1.54) is 18.2 Å². The molecule has 0 radical (unpaired) electrons.